The predicted octanol–water partition coefficient (Wildman–Crippen LogP) is 8.45. The number of esters is 4. The highest BCUT2D eigenvalue weighted by atomic mass is 16.6. The lowest BCUT2D eigenvalue weighted by atomic mass is 9.65. The predicted molar refractivity (Wildman–Crippen MR) is 208 cm³/mol. The molecule has 2 heterocycles. The van der Waals surface area contributed by atoms with Gasteiger partial charge in [-0.3, -0.25) is 29.0 Å². The molecule has 1 saturated heterocycles. The van der Waals surface area contributed by atoms with Gasteiger partial charge in [-0.15, -0.1) is 0 Å². The van der Waals surface area contributed by atoms with Gasteiger partial charge in [-0.05, 0) is 148 Å². The largest absolute Gasteiger partial charge is 0.458 e. The minimum Gasteiger partial charge on any atom is -0.458 e. The summed E-state index contributed by atoms with van der Waals surface area (Å²) in [4.78, 5) is 61.5. The Morgan fingerprint density at radius 1 is 0.764 bits per heavy atom. The van der Waals surface area contributed by atoms with Crippen molar-refractivity contribution < 1.29 is 38.1 Å². The van der Waals surface area contributed by atoms with Gasteiger partial charge in [-0.25, -0.2) is 0 Å². The highest BCUT2D eigenvalue weighted by molar-refractivity contribution is 5.79. The van der Waals surface area contributed by atoms with Crippen LogP contribution in [0.15, 0.2) is 23.0 Å². The third kappa shape index (κ3) is 7.65. The molecule has 8 rings (SSSR count). The van der Waals surface area contributed by atoms with E-state index in [2.05, 4.69) is 18.8 Å². The molecule has 10 nitrogen and oxygen atoms in total. The Hall–Kier alpha value is -3.17. The van der Waals surface area contributed by atoms with Gasteiger partial charge in [-0.2, -0.15) is 0 Å². The van der Waals surface area contributed by atoms with Crippen molar-refractivity contribution in [2.24, 2.45) is 69.5 Å². The topological polar surface area (TPSA) is 138 Å². The van der Waals surface area contributed by atoms with Crippen molar-refractivity contribution in [3.63, 3.8) is 0 Å². The smallest absolute Gasteiger partial charge is 0.318 e. The summed E-state index contributed by atoms with van der Waals surface area (Å²) < 4.78 is 22.4. The van der Waals surface area contributed by atoms with Crippen molar-refractivity contribution in [3.8, 4) is 5.88 Å². The van der Waals surface area contributed by atoms with Crippen molar-refractivity contribution in [1.82, 2.24) is 4.98 Å². The molecule has 1 aliphatic heterocycles. The summed E-state index contributed by atoms with van der Waals surface area (Å²) in [6.07, 6.45) is 11.7. The van der Waals surface area contributed by atoms with Gasteiger partial charge >= 0.3 is 23.9 Å². The molecular formula is C45H67NO9. The number of carbonyl (C=O) groups is 4. The highest BCUT2D eigenvalue weighted by Crippen LogP contribution is 2.71. The Bertz CT molecular complexity index is 1680. The van der Waals surface area contributed by atoms with Gasteiger partial charge in [0.1, 0.15) is 17.8 Å². The van der Waals surface area contributed by atoms with E-state index in [0.29, 0.717) is 24.2 Å². The lowest BCUT2D eigenvalue weighted by Crippen LogP contribution is -2.49. The van der Waals surface area contributed by atoms with Gasteiger partial charge in [-0.1, -0.05) is 33.8 Å². The molecule has 0 spiro atoms. The van der Waals surface area contributed by atoms with E-state index in [4.69, 9.17) is 18.9 Å². The van der Waals surface area contributed by atoms with Crippen LogP contribution in [-0.2, 0) is 33.4 Å². The average Bonchev–Trinajstić information content (AvgIpc) is 4.02. The second-order valence-electron chi connectivity index (χ2n) is 19.9. The van der Waals surface area contributed by atoms with Gasteiger partial charge < -0.3 is 18.9 Å². The van der Waals surface area contributed by atoms with E-state index < -0.39 is 10.8 Å². The van der Waals surface area contributed by atoms with E-state index in [1.165, 1.54) is 31.7 Å². The fraction of sp³-hybridized carbons (Fsp3) is 0.800. The molecule has 306 valence electrons. The monoisotopic (exact) mass is 765 g/mol. The average molecular weight is 766 g/mol. The Balaban J connectivity index is 0.000000143. The molecule has 55 heavy (non-hydrogen) atoms. The molecule has 1 aromatic heterocycles. The lowest BCUT2D eigenvalue weighted by Gasteiger charge is -2.46. The Morgan fingerprint density at radius 2 is 1.38 bits per heavy atom. The number of nitrogens with one attached hydrogen (secondary N) is 1. The summed E-state index contributed by atoms with van der Waals surface area (Å²) in [6, 6.07) is 4.45. The Morgan fingerprint density at radius 3 is 2.00 bits per heavy atom. The molecular weight excluding hydrogens is 698 g/mol. The van der Waals surface area contributed by atoms with Crippen LogP contribution in [-0.4, -0.2) is 46.7 Å². The summed E-state index contributed by atoms with van der Waals surface area (Å²) in [5.41, 5.74) is -1.73. The molecule has 1 N–H and O–H groups in total. The van der Waals surface area contributed by atoms with Crippen molar-refractivity contribution in [1.29, 1.82) is 0 Å². The van der Waals surface area contributed by atoms with Gasteiger partial charge in [0.25, 0.3) is 5.56 Å². The molecule has 6 saturated carbocycles. The van der Waals surface area contributed by atoms with Gasteiger partial charge in [0.15, 0.2) is 0 Å². The number of hydrogen-bond acceptors (Lipinski definition) is 9. The second kappa shape index (κ2) is 15.3. The number of aromatic amines is 1. The van der Waals surface area contributed by atoms with E-state index in [1.807, 2.05) is 41.5 Å². The Labute approximate surface area is 327 Å². The molecule has 12 atom stereocenters. The normalized spacial score (nSPS) is 36.0. The lowest BCUT2D eigenvalue weighted by molar-refractivity contribution is -0.183. The number of pyridine rings is 1. The van der Waals surface area contributed by atoms with Crippen LogP contribution in [0.2, 0.25) is 0 Å². The highest BCUT2D eigenvalue weighted by Gasteiger charge is 2.68. The summed E-state index contributed by atoms with van der Waals surface area (Å²) in [6.45, 7) is 19.7. The molecule has 10 heteroatoms. The van der Waals surface area contributed by atoms with E-state index in [-0.39, 0.29) is 64.5 Å². The van der Waals surface area contributed by atoms with Crippen molar-refractivity contribution in [2.45, 2.75) is 158 Å². The van der Waals surface area contributed by atoms with Crippen LogP contribution >= 0.6 is 0 Å². The van der Waals surface area contributed by atoms with E-state index in [9.17, 15) is 24.0 Å². The first kappa shape index (κ1) is 41.5. The Kier molecular flexibility index (Phi) is 11.5. The number of H-pyrrole nitrogens is 1. The minimum absolute atomic E-state index is 0.0455. The molecule has 6 bridgehead atoms. The van der Waals surface area contributed by atoms with Gasteiger partial charge in [0.05, 0.1) is 22.2 Å². The maximum Gasteiger partial charge on any atom is 0.318 e. The quantitative estimate of drug-likeness (QED) is 0.141. The van der Waals surface area contributed by atoms with Crippen LogP contribution in [0.25, 0.3) is 0 Å². The van der Waals surface area contributed by atoms with Crippen molar-refractivity contribution >= 4 is 23.9 Å². The molecule has 1 aromatic rings. The molecule has 0 aromatic carbocycles. The fourth-order valence-corrected chi connectivity index (χ4v) is 11.1. The van der Waals surface area contributed by atoms with Crippen LogP contribution < -0.4 is 10.3 Å². The first-order chi connectivity index (χ1) is 25.8. The van der Waals surface area contributed by atoms with Crippen LogP contribution in [0.4, 0.5) is 0 Å². The number of hydrogen-bond donors (Lipinski definition) is 1. The molecule has 0 radical (unpaired) electrons. The zero-order chi connectivity index (χ0) is 40.2. The number of rotatable bonds is 10. The number of carbonyl (C=O) groups excluding carboxylic acids is 4. The molecule has 7 aliphatic rings. The third-order valence-electron chi connectivity index (χ3n) is 15.7. The minimum atomic E-state index is -0.535. The van der Waals surface area contributed by atoms with Crippen LogP contribution in [0.3, 0.4) is 0 Å². The van der Waals surface area contributed by atoms with Crippen LogP contribution in [0.1, 0.15) is 140 Å². The van der Waals surface area contributed by atoms with Gasteiger partial charge in [0.2, 0.25) is 5.88 Å². The van der Waals surface area contributed by atoms with Gasteiger partial charge in [0, 0.05) is 23.8 Å². The summed E-state index contributed by atoms with van der Waals surface area (Å²) in [5, 5.41) is 0. The standard InChI is InChI=1S/C20H32O2.C14H20O4.C11H15NO3/c1-5-19(3,4)18(21)22-20(6-2)11-14-10-15(20)17-13-8-7-12(9-13)16(14)17;1-4-14(2,3)13(16)18-10-7-5-8-9(6-7)12(15)17-11(8)10;1-4-11(2,3)10(14)15-9-7-5-6-8(13)12-9/h12-17H,5-11H2,1-4H3;7-11H,4-6H2,1-3H3;5-7H,4H2,1-3H3,(H,12,13). The number of fused-ring (bicyclic) bond motifs is 10. The van der Waals surface area contributed by atoms with E-state index >= 15 is 0 Å². The number of aromatic nitrogens is 1. The van der Waals surface area contributed by atoms with E-state index in [0.717, 1.165) is 68.1 Å². The molecule has 7 fully saturated rings. The maximum atomic E-state index is 12.7. The summed E-state index contributed by atoms with van der Waals surface area (Å²) >= 11 is 0. The van der Waals surface area contributed by atoms with Crippen molar-refractivity contribution in [2.75, 3.05) is 0 Å². The van der Waals surface area contributed by atoms with Crippen LogP contribution in [0, 0.1) is 69.5 Å². The third-order valence-corrected chi connectivity index (χ3v) is 15.7. The first-order valence-corrected chi connectivity index (χ1v) is 21.4. The first-order valence-electron chi connectivity index (χ1n) is 21.4. The molecule has 12 unspecified atom stereocenters. The molecule has 6 aliphatic carbocycles. The maximum absolute atomic E-state index is 12.7. The van der Waals surface area contributed by atoms with Crippen LogP contribution in [0.5, 0.6) is 5.88 Å². The van der Waals surface area contributed by atoms with Crippen molar-refractivity contribution in [3.05, 3.63) is 28.6 Å². The fourth-order valence-electron chi connectivity index (χ4n) is 11.1. The zero-order valence-electron chi connectivity index (χ0n) is 35.0. The summed E-state index contributed by atoms with van der Waals surface area (Å²) in [5.74, 6) is 5.70. The SMILES string of the molecule is CCC(C)(C)C(=O)OC1(CC)CC2CC1C1C3CCC(C3)C21.CCC(C)(C)C(=O)OC1C2CC3C(=O)OC1C3C2.CCC(C)(C)C(=O)Oc1cccc(=O)[nH]1. The van der Waals surface area contributed by atoms with E-state index in [1.54, 1.807) is 26.0 Å². The number of ether oxygens (including phenoxy) is 4. The summed E-state index contributed by atoms with van der Waals surface area (Å²) in [7, 11) is 0. The molecule has 0 amide bonds. The zero-order valence-corrected chi connectivity index (χ0v) is 35.0. The second-order valence-corrected chi connectivity index (χ2v) is 19.9.